The number of rotatable bonds is 9. The topological polar surface area (TPSA) is 38.3 Å². The molecule has 1 saturated carbocycles. The van der Waals surface area contributed by atoms with E-state index in [9.17, 15) is 13.6 Å². The van der Waals surface area contributed by atoms with Gasteiger partial charge >= 0.3 is 5.97 Å². The first-order valence-electron chi connectivity index (χ1n) is 9.55. The Morgan fingerprint density at radius 1 is 1.19 bits per heavy atom. The lowest BCUT2D eigenvalue weighted by Gasteiger charge is -2.14. The van der Waals surface area contributed by atoms with E-state index in [0.29, 0.717) is 24.5 Å². The molecule has 0 bridgehead atoms. The molecular formula is C22H25F2NO2. The molecule has 0 aromatic heterocycles. The smallest absolute Gasteiger partial charge is 0.305 e. The van der Waals surface area contributed by atoms with Gasteiger partial charge in [0.05, 0.1) is 6.61 Å². The Bertz CT molecular complexity index is 780. The first-order valence-corrected chi connectivity index (χ1v) is 9.55. The van der Waals surface area contributed by atoms with Crippen LogP contribution in [0.4, 0.5) is 14.5 Å². The van der Waals surface area contributed by atoms with Crippen molar-refractivity contribution in [3.05, 3.63) is 53.6 Å². The molecule has 144 valence electrons. The summed E-state index contributed by atoms with van der Waals surface area (Å²) in [4.78, 5) is 11.4. The molecule has 0 amide bonds. The van der Waals surface area contributed by atoms with Crippen LogP contribution in [0.15, 0.2) is 36.4 Å². The molecule has 2 aromatic rings. The van der Waals surface area contributed by atoms with E-state index in [1.165, 1.54) is 25.0 Å². The Kier molecular flexibility index (Phi) is 6.43. The van der Waals surface area contributed by atoms with Crippen LogP contribution < -0.4 is 5.32 Å². The molecule has 0 unspecified atom stereocenters. The summed E-state index contributed by atoms with van der Waals surface area (Å²) in [6.45, 7) is 2.92. The van der Waals surface area contributed by atoms with Crippen LogP contribution in [-0.2, 0) is 16.0 Å². The van der Waals surface area contributed by atoms with Crippen LogP contribution in [0, 0.1) is 17.6 Å². The van der Waals surface area contributed by atoms with Gasteiger partial charge in [-0.05, 0) is 62.3 Å². The third-order valence-electron chi connectivity index (χ3n) is 4.77. The Balaban J connectivity index is 1.73. The second kappa shape index (κ2) is 8.98. The maximum Gasteiger partial charge on any atom is 0.305 e. The van der Waals surface area contributed by atoms with Crippen molar-refractivity contribution in [2.75, 3.05) is 18.5 Å². The summed E-state index contributed by atoms with van der Waals surface area (Å²) in [6, 6.07) is 10.3. The van der Waals surface area contributed by atoms with E-state index in [1.807, 2.05) is 24.3 Å². The fraction of sp³-hybridized carbons (Fsp3) is 0.409. The van der Waals surface area contributed by atoms with Gasteiger partial charge in [-0.15, -0.1) is 0 Å². The molecule has 3 rings (SSSR count). The molecule has 0 aliphatic heterocycles. The van der Waals surface area contributed by atoms with E-state index in [2.05, 4.69) is 5.32 Å². The van der Waals surface area contributed by atoms with Gasteiger partial charge in [-0.1, -0.05) is 18.2 Å². The summed E-state index contributed by atoms with van der Waals surface area (Å²) in [6.07, 6.45) is 3.14. The van der Waals surface area contributed by atoms with E-state index in [0.717, 1.165) is 17.8 Å². The van der Waals surface area contributed by atoms with E-state index in [-0.39, 0.29) is 24.4 Å². The van der Waals surface area contributed by atoms with Gasteiger partial charge in [0, 0.05) is 29.8 Å². The molecular weight excluding hydrogens is 348 g/mol. The maximum absolute atomic E-state index is 14.5. The number of anilines is 1. The average Bonchev–Trinajstić information content (AvgIpc) is 3.47. The number of nitrogens with one attached hydrogen (secondary N) is 1. The lowest BCUT2D eigenvalue weighted by molar-refractivity contribution is -0.143. The molecule has 0 atom stereocenters. The first-order chi connectivity index (χ1) is 13.1. The van der Waals surface area contributed by atoms with Gasteiger partial charge in [0.25, 0.3) is 0 Å². The van der Waals surface area contributed by atoms with Crippen molar-refractivity contribution in [2.24, 2.45) is 5.92 Å². The van der Waals surface area contributed by atoms with Crippen LogP contribution in [0.25, 0.3) is 11.1 Å². The standard InChI is InChI=1S/C22H25F2NO2/c1-2-27-22(26)9-5-7-18-19(23)12-16(13-20(18)24)17-6-3-4-8-21(17)25-14-15-10-11-15/h3-4,6,8,12-13,15,25H,2,5,7,9-11,14H2,1H3. The van der Waals surface area contributed by atoms with Crippen LogP contribution in [-0.4, -0.2) is 19.1 Å². The number of hydrogen-bond acceptors (Lipinski definition) is 3. The van der Waals surface area contributed by atoms with Gasteiger partial charge in [-0.3, -0.25) is 4.79 Å². The van der Waals surface area contributed by atoms with Crippen molar-refractivity contribution in [3.63, 3.8) is 0 Å². The largest absolute Gasteiger partial charge is 0.466 e. The third-order valence-corrected chi connectivity index (χ3v) is 4.77. The lowest BCUT2D eigenvalue weighted by atomic mass is 9.99. The zero-order valence-electron chi connectivity index (χ0n) is 15.6. The van der Waals surface area contributed by atoms with Gasteiger partial charge in [0.15, 0.2) is 0 Å². The lowest BCUT2D eigenvalue weighted by Crippen LogP contribution is -2.06. The normalized spacial score (nSPS) is 13.4. The number of benzene rings is 2. The zero-order chi connectivity index (χ0) is 19.2. The predicted molar refractivity (Wildman–Crippen MR) is 103 cm³/mol. The van der Waals surface area contributed by atoms with Crippen molar-refractivity contribution in [1.82, 2.24) is 0 Å². The molecule has 27 heavy (non-hydrogen) atoms. The highest BCUT2D eigenvalue weighted by Gasteiger charge is 2.21. The van der Waals surface area contributed by atoms with Crippen molar-refractivity contribution >= 4 is 11.7 Å². The van der Waals surface area contributed by atoms with Crippen LogP contribution in [0.1, 0.15) is 38.2 Å². The average molecular weight is 373 g/mol. The summed E-state index contributed by atoms with van der Waals surface area (Å²) >= 11 is 0. The molecule has 0 spiro atoms. The monoisotopic (exact) mass is 373 g/mol. The van der Waals surface area contributed by atoms with Crippen LogP contribution in [0.2, 0.25) is 0 Å². The summed E-state index contributed by atoms with van der Waals surface area (Å²) in [5.41, 5.74) is 2.21. The quantitative estimate of drug-likeness (QED) is 0.603. The van der Waals surface area contributed by atoms with E-state index in [4.69, 9.17) is 4.74 Å². The van der Waals surface area contributed by atoms with Gasteiger partial charge in [0.2, 0.25) is 0 Å². The summed E-state index contributed by atoms with van der Waals surface area (Å²) in [5, 5.41) is 3.39. The molecule has 2 aromatic carbocycles. The Hall–Kier alpha value is -2.43. The molecule has 0 saturated heterocycles. The highest BCUT2D eigenvalue weighted by Crippen LogP contribution is 2.33. The Morgan fingerprint density at radius 2 is 1.89 bits per heavy atom. The van der Waals surface area contributed by atoms with E-state index in [1.54, 1.807) is 6.92 Å². The number of halogens is 2. The number of esters is 1. The Labute approximate surface area is 158 Å². The van der Waals surface area contributed by atoms with E-state index < -0.39 is 11.6 Å². The number of hydrogen-bond donors (Lipinski definition) is 1. The molecule has 0 radical (unpaired) electrons. The Morgan fingerprint density at radius 3 is 2.56 bits per heavy atom. The van der Waals surface area contributed by atoms with Gasteiger partial charge < -0.3 is 10.1 Å². The van der Waals surface area contributed by atoms with E-state index >= 15 is 0 Å². The van der Waals surface area contributed by atoms with Crippen molar-refractivity contribution in [2.45, 2.75) is 39.0 Å². The molecule has 5 heteroatoms. The number of ether oxygens (including phenoxy) is 1. The minimum atomic E-state index is -0.578. The third kappa shape index (κ3) is 5.28. The number of carbonyl (C=O) groups is 1. The number of carbonyl (C=O) groups excluding carboxylic acids is 1. The summed E-state index contributed by atoms with van der Waals surface area (Å²) < 4.78 is 33.9. The maximum atomic E-state index is 14.5. The molecule has 1 N–H and O–H groups in total. The minimum Gasteiger partial charge on any atom is -0.466 e. The number of para-hydroxylation sites is 1. The summed E-state index contributed by atoms with van der Waals surface area (Å²) in [7, 11) is 0. The zero-order valence-corrected chi connectivity index (χ0v) is 15.6. The van der Waals surface area contributed by atoms with Gasteiger partial charge in [0.1, 0.15) is 11.6 Å². The second-order valence-electron chi connectivity index (χ2n) is 6.95. The van der Waals surface area contributed by atoms with Crippen molar-refractivity contribution < 1.29 is 18.3 Å². The predicted octanol–water partition coefficient (Wildman–Crippen LogP) is 5.34. The van der Waals surface area contributed by atoms with Crippen LogP contribution in [0.5, 0.6) is 0 Å². The fourth-order valence-electron chi connectivity index (χ4n) is 3.11. The molecule has 0 heterocycles. The highest BCUT2D eigenvalue weighted by molar-refractivity contribution is 5.78. The van der Waals surface area contributed by atoms with Crippen molar-refractivity contribution in [3.8, 4) is 11.1 Å². The van der Waals surface area contributed by atoms with Crippen LogP contribution >= 0.6 is 0 Å². The highest BCUT2D eigenvalue weighted by atomic mass is 19.1. The van der Waals surface area contributed by atoms with Crippen LogP contribution in [0.3, 0.4) is 0 Å². The molecule has 1 aliphatic carbocycles. The fourth-order valence-corrected chi connectivity index (χ4v) is 3.11. The minimum absolute atomic E-state index is 0.0199. The molecule has 1 fully saturated rings. The molecule has 3 nitrogen and oxygen atoms in total. The summed E-state index contributed by atoms with van der Waals surface area (Å²) in [5.74, 6) is -0.796. The van der Waals surface area contributed by atoms with Gasteiger partial charge in [-0.25, -0.2) is 8.78 Å². The second-order valence-corrected chi connectivity index (χ2v) is 6.95. The first kappa shape index (κ1) is 19.3. The molecule has 1 aliphatic rings. The van der Waals surface area contributed by atoms with Gasteiger partial charge in [-0.2, -0.15) is 0 Å². The van der Waals surface area contributed by atoms with Crippen molar-refractivity contribution in [1.29, 1.82) is 0 Å². The SMILES string of the molecule is CCOC(=O)CCCc1c(F)cc(-c2ccccc2NCC2CC2)cc1F.